The van der Waals surface area contributed by atoms with E-state index >= 15 is 0 Å². The van der Waals surface area contributed by atoms with Crippen molar-refractivity contribution in [3.63, 3.8) is 0 Å². The third kappa shape index (κ3) is 4.70. The summed E-state index contributed by atoms with van der Waals surface area (Å²) in [6.45, 7) is 2.05. The number of hydrogen-bond donors (Lipinski definition) is 2. The van der Waals surface area contributed by atoms with Crippen LogP contribution in [-0.2, 0) is 11.2 Å². The van der Waals surface area contributed by atoms with Crippen LogP contribution in [0.15, 0.2) is 52.9 Å². The van der Waals surface area contributed by atoms with Crippen molar-refractivity contribution < 1.29 is 28.8 Å². The van der Waals surface area contributed by atoms with Crippen molar-refractivity contribution in [2.75, 3.05) is 21.3 Å². The zero-order chi connectivity index (χ0) is 25.7. The van der Waals surface area contributed by atoms with Crippen molar-refractivity contribution in [2.45, 2.75) is 32.3 Å². The highest BCUT2D eigenvalue weighted by Gasteiger charge is 2.30. The Bertz CT molecular complexity index is 1300. The number of unbranched alkanes of at least 4 members (excludes halogenated alkanes) is 1. The van der Waals surface area contributed by atoms with Gasteiger partial charge in [0.25, 0.3) is 5.89 Å². The van der Waals surface area contributed by atoms with Crippen LogP contribution in [0, 0.1) is 0 Å². The highest BCUT2D eigenvalue weighted by molar-refractivity contribution is 5.88. The maximum Gasteiger partial charge on any atom is 0.257 e. The maximum atomic E-state index is 11.5. The maximum absolute atomic E-state index is 11.5. The van der Waals surface area contributed by atoms with Crippen LogP contribution >= 0.6 is 0 Å². The predicted octanol–water partition coefficient (Wildman–Crippen LogP) is 5.31. The molecule has 0 aliphatic carbocycles. The highest BCUT2D eigenvalue weighted by Crippen LogP contribution is 2.49. The lowest BCUT2D eigenvalue weighted by Crippen LogP contribution is -2.03. The van der Waals surface area contributed by atoms with E-state index < -0.39 is 12.0 Å². The number of aryl methyl sites for hydroxylation is 1. The average molecular weight is 492 g/mol. The first-order valence-corrected chi connectivity index (χ1v) is 11.6. The second-order valence-electron chi connectivity index (χ2n) is 8.09. The van der Waals surface area contributed by atoms with Gasteiger partial charge in [0.1, 0.15) is 22.8 Å². The summed E-state index contributed by atoms with van der Waals surface area (Å²) in [5.74, 6) is 0.359. The van der Waals surface area contributed by atoms with Crippen LogP contribution < -0.4 is 9.47 Å². The molecule has 0 fully saturated rings. The molecule has 0 aliphatic heterocycles. The number of ether oxygens (including phenoxy) is 3. The lowest BCUT2D eigenvalue weighted by Gasteiger charge is -2.19. The van der Waals surface area contributed by atoms with Gasteiger partial charge < -0.3 is 28.8 Å². The molecule has 0 radical (unpaired) electrons. The lowest BCUT2D eigenvalue weighted by molar-refractivity contribution is 0.112. The van der Waals surface area contributed by atoms with Crippen molar-refractivity contribution in [2.24, 2.45) is 0 Å². The van der Waals surface area contributed by atoms with E-state index in [4.69, 9.17) is 18.6 Å². The molecule has 2 N–H and O–H groups in total. The van der Waals surface area contributed by atoms with Crippen LogP contribution in [0.25, 0.3) is 22.6 Å². The fourth-order valence-electron chi connectivity index (χ4n) is 4.14. The third-order valence-corrected chi connectivity index (χ3v) is 5.89. The van der Waals surface area contributed by atoms with Gasteiger partial charge in [0.2, 0.25) is 11.8 Å². The largest absolute Gasteiger partial charge is 0.506 e. The number of benzene rings is 2. The smallest absolute Gasteiger partial charge is 0.257 e. The topological polar surface area (TPSA) is 120 Å². The van der Waals surface area contributed by atoms with Crippen molar-refractivity contribution >= 4 is 0 Å². The molecule has 0 saturated heterocycles. The summed E-state index contributed by atoms with van der Waals surface area (Å²) in [6, 6.07) is 14.7. The summed E-state index contributed by atoms with van der Waals surface area (Å²) < 4.78 is 22.6. The molecule has 188 valence electrons. The first-order valence-electron chi connectivity index (χ1n) is 11.6. The molecule has 4 aromatic rings. The molecule has 0 bridgehead atoms. The number of aromatic nitrogens is 3. The lowest BCUT2D eigenvalue weighted by atomic mass is 9.95. The Labute approximate surface area is 209 Å². The second-order valence-corrected chi connectivity index (χ2v) is 8.09. The molecule has 0 saturated carbocycles. The van der Waals surface area contributed by atoms with Crippen molar-refractivity contribution in [3.05, 3.63) is 65.7 Å². The standard InChI is InChI=1S/C27H29N3O6/c1-5-6-13-17-20(21-18(33-2)14-10-15-19(21)34-3)23(31)22(25(32)28-17)26-29-30-27(36-26)24(35-4)16-11-8-7-9-12-16/h7-12,14-15,24H,5-6,13H2,1-4H3,(H2,28,31,32). The van der Waals surface area contributed by atoms with E-state index in [9.17, 15) is 10.2 Å². The number of hydrogen-bond acceptors (Lipinski definition) is 9. The minimum Gasteiger partial charge on any atom is -0.506 e. The number of rotatable bonds is 10. The third-order valence-electron chi connectivity index (χ3n) is 5.89. The number of methoxy groups -OCH3 is 3. The Hall–Kier alpha value is -4.11. The number of nitrogens with zero attached hydrogens (tertiary/aromatic N) is 3. The van der Waals surface area contributed by atoms with Gasteiger partial charge >= 0.3 is 0 Å². The molecule has 36 heavy (non-hydrogen) atoms. The first kappa shape index (κ1) is 25.0. The van der Waals surface area contributed by atoms with Gasteiger partial charge in [-0.05, 0) is 30.5 Å². The van der Waals surface area contributed by atoms with Gasteiger partial charge in [0, 0.05) is 7.11 Å². The van der Waals surface area contributed by atoms with Gasteiger partial charge in [0.15, 0.2) is 6.10 Å². The Kier molecular flexibility index (Phi) is 7.70. The molecule has 0 spiro atoms. The van der Waals surface area contributed by atoms with Crippen LogP contribution in [0.2, 0.25) is 0 Å². The summed E-state index contributed by atoms with van der Waals surface area (Å²) in [5.41, 5.74) is 2.11. The minimum atomic E-state index is -0.623. The van der Waals surface area contributed by atoms with E-state index in [-0.39, 0.29) is 23.1 Å². The minimum absolute atomic E-state index is 0.0835. The summed E-state index contributed by atoms with van der Waals surface area (Å²) in [5, 5.41) is 30.6. The Balaban J connectivity index is 1.90. The van der Waals surface area contributed by atoms with E-state index in [1.165, 1.54) is 21.3 Å². The van der Waals surface area contributed by atoms with E-state index in [0.717, 1.165) is 18.4 Å². The number of pyridine rings is 1. The molecule has 9 nitrogen and oxygen atoms in total. The summed E-state index contributed by atoms with van der Waals surface area (Å²) in [6.07, 6.45) is 1.59. The van der Waals surface area contributed by atoms with Crippen LogP contribution in [0.3, 0.4) is 0 Å². The monoisotopic (exact) mass is 491 g/mol. The van der Waals surface area contributed by atoms with Crippen molar-refractivity contribution in [1.29, 1.82) is 0 Å². The SMILES string of the molecule is CCCCc1nc(O)c(-c2nnc(C(OC)c3ccccc3)o2)c(O)c1-c1c(OC)cccc1OC. The number of aromatic hydroxyl groups is 2. The first-order chi connectivity index (χ1) is 17.5. The Morgan fingerprint density at radius 2 is 1.56 bits per heavy atom. The molecule has 2 heterocycles. The molecular weight excluding hydrogens is 462 g/mol. The molecule has 0 amide bonds. The summed E-state index contributed by atoms with van der Waals surface area (Å²) >= 11 is 0. The van der Waals surface area contributed by atoms with E-state index in [2.05, 4.69) is 22.1 Å². The molecule has 9 heteroatoms. The molecule has 1 atom stereocenters. The van der Waals surface area contributed by atoms with Crippen LogP contribution in [0.5, 0.6) is 23.1 Å². The molecular formula is C27H29N3O6. The molecule has 2 aromatic heterocycles. The summed E-state index contributed by atoms with van der Waals surface area (Å²) in [4.78, 5) is 4.43. The highest BCUT2D eigenvalue weighted by atomic mass is 16.5. The van der Waals surface area contributed by atoms with Gasteiger partial charge in [-0.15, -0.1) is 10.2 Å². The van der Waals surface area contributed by atoms with Gasteiger partial charge in [-0.1, -0.05) is 49.7 Å². The summed E-state index contributed by atoms with van der Waals surface area (Å²) in [7, 11) is 4.61. The van der Waals surface area contributed by atoms with Gasteiger partial charge in [-0.2, -0.15) is 0 Å². The fraction of sp³-hybridized carbons (Fsp3) is 0.296. The zero-order valence-electron chi connectivity index (χ0n) is 20.7. The van der Waals surface area contributed by atoms with Crippen LogP contribution in [-0.4, -0.2) is 46.7 Å². The normalized spacial score (nSPS) is 11.9. The van der Waals surface area contributed by atoms with Gasteiger partial charge in [-0.3, -0.25) is 0 Å². The van der Waals surface area contributed by atoms with Gasteiger partial charge in [0.05, 0.1) is 31.0 Å². The second kappa shape index (κ2) is 11.1. The van der Waals surface area contributed by atoms with E-state index in [1.807, 2.05) is 30.3 Å². The van der Waals surface area contributed by atoms with Crippen molar-refractivity contribution in [1.82, 2.24) is 15.2 Å². The van der Waals surface area contributed by atoms with Crippen LogP contribution in [0.4, 0.5) is 0 Å². The van der Waals surface area contributed by atoms with Gasteiger partial charge in [-0.25, -0.2) is 4.98 Å². The molecule has 0 aliphatic rings. The van der Waals surface area contributed by atoms with E-state index in [1.54, 1.807) is 18.2 Å². The van der Waals surface area contributed by atoms with E-state index in [0.29, 0.717) is 34.7 Å². The fourth-order valence-corrected chi connectivity index (χ4v) is 4.14. The molecule has 4 rings (SSSR count). The molecule has 1 unspecified atom stereocenters. The zero-order valence-corrected chi connectivity index (χ0v) is 20.7. The Morgan fingerprint density at radius 3 is 2.17 bits per heavy atom. The quantitative estimate of drug-likeness (QED) is 0.304. The average Bonchev–Trinajstić information content (AvgIpc) is 3.37. The Morgan fingerprint density at radius 1 is 0.861 bits per heavy atom. The molecule has 2 aromatic carbocycles. The van der Waals surface area contributed by atoms with Crippen molar-refractivity contribution in [3.8, 4) is 45.7 Å². The van der Waals surface area contributed by atoms with Crippen LogP contribution in [0.1, 0.15) is 43.0 Å². The predicted molar refractivity (Wildman–Crippen MR) is 133 cm³/mol.